The zero-order chi connectivity index (χ0) is 13.8. The number of carbonyl (C=O) groups is 1. The lowest BCUT2D eigenvalue weighted by atomic mass is 10.1. The number of methoxy groups -OCH3 is 1. The van der Waals surface area contributed by atoms with Gasteiger partial charge in [-0.25, -0.2) is 13.1 Å². The fourth-order valence-corrected chi connectivity index (χ4v) is 2.65. The average Bonchev–Trinajstić information content (AvgIpc) is 2.30. The molecule has 0 unspecified atom stereocenters. The van der Waals surface area contributed by atoms with Gasteiger partial charge in [0.05, 0.1) is 12.9 Å². The van der Waals surface area contributed by atoms with Gasteiger partial charge in [0, 0.05) is 5.02 Å². The molecule has 0 saturated heterocycles. The van der Waals surface area contributed by atoms with E-state index >= 15 is 0 Å². The number of hydrogen-bond acceptors (Lipinski definition) is 4. The third-order valence-electron chi connectivity index (χ3n) is 2.32. The molecule has 0 atom stereocenters. The molecule has 0 fully saturated rings. The third kappa shape index (κ3) is 4.64. The third-order valence-corrected chi connectivity index (χ3v) is 3.83. The molecule has 0 radical (unpaired) electrons. The summed E-state index contributed by atoms with van der Waals surface area (Å²) < 4.78 is 30.0. The summed E-state index contributed by atoms with van der Waals surface area (Å²) in [4.78, 5) is 10.9. The van der Waals surface area contributed by atoms with Crippen molar-refractivity contribution in [2.24, 2.45) is 0 Å². The number of benzene rings is 1. The van der Waals surface area contributed by atoms with Crippen molar-refractivity contribution in [3.63, 3.8) is 0 Å². The second kappa shape index (κ2) is 6.17. The van der Waals surface area contributed by atoms with E-state index in [-0.39, 0.29) is 12.3 Å². The molecule has 100 valence electrons. The monoisotopic (exact) mass is 291 g/mol. The van der Waals surface area contributed by atoms with Crippen molar-refractivity contribution in [2.45, 2.75) is 12.7 Å². The number of nitrogens with one attached hydrogen (secondary N) is 1. The van der Waals surface area contributed by atoms with Crippen LogP contribution in [0.2, 0.25) is 5.02 Å². The van der Waals surface area contributed by atoms with Gasteiger partial charge in [0.25, 0.3) is 0 Å². The van der Waals surface area contributed by atoms with Crippen molar-refractivity contribution < 1.29 is 17.9 Å². The number of carbonyl (C=O) groups excluding carboxylic acids is 1. The maximum absolute atomic E-state index is 11.7. The van der Waals surface area contributed by atoms with Crippen molar-refractivity contribution in [3.05, 3.63) is 34.3 Å². The number of halogens is 1. The van der Waals surface area contributed by atoms with Gasteiger partial charge in [-0.15, -0.1) is 0 Å². The molecule has 0 aliphatic rings. The maximum Gasteiger partial charge on any atom is 0.320 e. The van der Waals surface area contributed by atoms with Crippen LogP contribution in [0, 0.1) is 6.92 Å². The Balaban J connectivity index is 2.76. The maximum atomic E-state index is 11.7. The van der Waals surface area contributed by atoms with Crippen molar-refractivity contribution in [3.8, 4) is 0 Å². The van der Waals surface area contributed by atoms with Crippen LogP contribution in [0.3, 0.4) is 0 Å². The summed E-state index contributed by atoms with van der Waals surface area (Å²) >= 11 is 5.81. The lowest BCUT2D eigenvalue weighted by Gasteiger charge is -2.08. The predicted molar refractivity (Wildman–Crippen MR) is 68.8 cm³/mol. The Bertz CT molecular complexity index is 542. The van der Waals surface area contributed by atoms with Gasteiger partial charge in [-0.1, -0.05) is 17.7 Å². The summed E-state index contributed by atoms with van der Waals surface area (Å²) in [5, 5.41) is 0.471. The molecule has 0 aromatic heterocycles. The Morgan fingerprint density at radius 3 is 2.72 bits per heavy atom. The minimum absolute atomic E-state index is 0.226. The van der Waals surface area contributed by atoms with Gasteiger partial charge in [0.2, 0.25) is 10.0 Å². The zero-order valence-corrected chi connectivity index (χ0v) is 11.6. The minimum Gasteiger partial charge on any atom is -0.468 e. The molecule has 18 heavy (non-hydrogen) atoms. The van der Waals surface area contributed by atoms with E-state index in [2.05, 4.69) is 9.46 Å². The SMILES string of the molecule is COC(=O)CNS(=O)(=O)Cc1cc(Cl)ccc1C. The molecule has 0 aliphatic carbocycles. The van der Waals surface area contributed by atoms with Crippen LogP contribution in [-0.4, -0.2) is 28.0 Å². The molecule has 5 nitrogen and oxygen atoms in total. The van der Waals surface area contributed by atoms with Crippen LogP contribution >= 0.6 is 11.6 Å². The van der Waals surface area contributed by atoms with Gasteiger partial charge in [0.1, 0.15) is 6.54 Å². The first-order chi connectivity index (χ1) is 8.34. The highest BCUT2D eigenvalue weighted by Crippen LogP contribution is 2.17. The highest BCUT2D eigenvalue weighted by atomic mass is 35.5. The van der Waals surface area contributed by atoms with E-state index in [0.717, 1.165) is 5.56 Å². The molecular formula is C11H14ClNO4S. The van der Waals surface area contributed by atoms with Crippen molar-refractivity contribution >= 4 is 27.6 Å². The van der Waals surface area contributed by atoms with E-state index in [0.29, 0.717) is 10.6 Å². The lowest BCUT2D eigenvalue weighted by Crippen LogP contribution is -2.31. The molecular weight excluding hydrogens is 278 g/mol. The highest BCUT2D eigenvalue weighted by Gasteiger charge is 2.15. The van der Waals surface area contributed by atoms with E-state index in [1.165, 1.54) is 7.11 Å². The molecule has 0 aliphatic heterocycles. The summed E-state index contributed by atoms with van der Waals surface area (Å²) in [6, 6.07) is 5.02. The van der Waals surface area contributed by atoms with Gasteiger partial charge < -0.3 is 4.74 Å². The van der Waals surface area contributed by atoms with E-state index < -0.39 is 16.0 Å². The molecule has 0 amide bonds. The van der Waals surface area contributed by atoms with Gasteiger partial charge in [0.15, 0.2) is 0 Å². The number of hydrogen-bond donors (Lipinski definition) is 1. The molecule has 0 heterocycles. The summed E-state index contributed by atoms with van der Waals surface area (Å²) in [6.45, 7) is 1.42. The van der Waals surface area contributed by atoms with Crippen LogP contribution in [0.5, 0.6) is 0 Å². The molecule has 1 rings (SSSR count). The van der Waals surface area contributed by atoms with Crippen molar-refractivity contribution in [2.75, 3.05) is 13.7 Å². The van der Waals surface area contributed by atoms with Crippen molar-refractivity contribution in [1.82, 2.24) is 4.72 Å². The van der Waals surface area contributed by atoms with Crippen LogP contribution in [0.4, 0.5) is 0 Å². The Hall–Kier alpha value is -1.11. The molecule has 0 bridgehead atoms. The zero-order valence-electron chi connectivity index (χ0n) is 10.1. The average molecular weight is 292 g/mol. The fraction of sp³-hybridized carbons (Fsp3) is 0.364. The minimum atomic E-state index is -3.59. The Labute approximate surface area is 111 Å². The largest absolute Gasteiger partial charge is 0.468 e. The Kier molecular flexibility index (Phi) is 5.13. The standard InChI is InChI=1S/C11H14ClNO4S/c1-8-3-4-10(12)5-9(8)7-18(15,16)13-6-11(14)17-2/h3-5,13H,6-7H2,1-2H3. The number of sulfonamides is 1. The molecule has 0 spiro atoms. The van der Waals surface area contributed by atoms with E-state index in [1.807, 2.05) is 0 Å². The number of esters is 1. The normalized spacial score (nSPS) is 11.3. The van der Waals surface area contributed by atoms with Gasteiger partial charge >= 0.3 is 5.97 Å². The second-order valence-electron chi connectivity index (χ2n) is 3.73. The van der Waals surface area contributed by atoms with Gasteiger partial charge in [-0.3, -0.25) is 4.79 Å². The molecule has 1 aromatic rings. The van der Waals surface area contributed by atoms with Crippen LogP contribution < -0.4 is 4.72 Å². The topological polar surface area (TPSA) is 72.5 Å². The van der Waals surface area contributed by atoms with Gasteiger partial charge in [-0.2, -0.15) is 0 Å². The first-order valence-electron chi connectivity index (χ1n) is 5.13. The van der Waals surface area contributed by atoms with E-state index in [4.69, 9.17) is 11.6 Å². The highest BCUT2D eigenvalue weighted by molar-refractivity contribution is 7.88. The van der Waals surface area contributed by atoms with E-state index in [9.17, 15) is 13.2 Å². The van der Waals surface area contributed by atoms with Crippen LogP contribution in [0.1, 0.15) is 11.1 Å². The quantitative estimate of drug-likeness (QED) is 0.829. The van der Waals surface area contributed by atoms with Crippen molar-refractivity contribution in [1.29, 1.82) is 0 Å². The first-order valence-corrected chi connectivity index (χ1v) is 7.16. The molecule has 7 heteroatoms. The van der Waals surface area contributed by atoms with Gasteiger partial charge in [-0.05, 0) is 30.2 Å². The Morgan fingerprint density at radius 2 is 2.11 bits per heavy atom. The predicted octanol–water partition coefficient (Wildman–Crippen LogP) is 1.24. The Morgan fingerprint density at radius 1 is 1.44 bits per heavy atom. The molecule has 1 N–H and O–H groups in total. The van der Waals surface area contributed by atoms with Crippen LogP contribution in [0.15, 0.2) is 18.2 Å². The fourth-order valence-electron chi connectivity index (χ4n) is 1.29. The lowest BCUT2D eigenvalue weighted by molar-refractivity contribution is -0.139. The molecule has 1 aromatic carbocycles. The van der Waals surface area contributed by atoms with E-state index in [1.54, 1.807) is 25.1 Å². The number of rotatable bonds is 5. The first kappa shape index (κ1) is 14.9. The summed E-state index contributed by atoms with van der Waals surface area (Å²) in [5.41, 5.74) is 1.42. The summed E-state index contributed by atoms with van der Waals surface area (Å²) in [7, 11) is -2.40. The number of ether oxygens (including phenoxy) is 1. The summed E-state index contributed by atoms with van der Waals surface area (Å²) in [5.74, 6) is -0.863. The van der Waals surface area contributed by atoms with Crippen LogP contribution in [0.25, 0.3) is 0 Å². The molecule has 0 saturated carbocycles. The smallest absolute Gasteiger partial charge is 0.320 e. The second-order valence-corrected chi connectivity index (χ2v) is 5.97. The van der Waals surface area contributed by atoms with Crippen LogP contribution in [-0.2, 0) is 25.3 Å². The number of aryl methyl sites for hydroxylation is 1. The summed E-state index contributed by atoms with van der Waals surface area (Å²) in [6.07, 6.45) is 0.